The summed E-state index contributed by atoms with van der Waals surface area (Å²) in [4.78, 5) is 8.79. The number of hydrogen-bond donors (Lipinski definition) is 2. The summed E-state index contributed by atoms with van der Waals surface area (Å²) in [7, 11) is 0. The molecule has 1 aromatic heterocycles. The van der Waals surface area contributed by atoms with Crippen LogP contribution in [0.4, 0.5) is 16.2 Å². The van der Waals surface area contributed by atoms with Gasteiger partial charge in [-0.05, 0) is 19.4 Å². The van der Waals surface area contributed by atoms with Crippen LogP contribution < -0.4 is 10.6 Å². The summed E-state index contributed by atoms with van der Waals surface area (Å²) in [5.41, 5.74) is 1.50. The van der Waals surface area contributed by atoms with Crippen molar-refractivity contribution in [2.45, 2.75) is 39.7 Å². The predicted molar refractivity (Wildman–Crippen MR) is 88.5 cm³/mol. The van der Waals surface area contributed by atoms with Crippen LogP contribution in [0.5, 0.6) is 0 Å². The molecular weight excluding hydrogens is 279 g/mol. The van der Waals surface area contributed by atoms with Crippen LogP contribution in [-0.4, -0.2) is 16.5 Å². The highest BCUT2D eigenvalue weighted by atomic mass is 19.1. The Balaban J connectivity index is 1.96. The standard InChI is InChI=1S/C17H23FN4/c1-3-4-7-10-19-17-21-13(2)11-16(22-17)20-12-14-8-5-6-9-15(14)18/h5-6,8-9,11H,3-4,7,10,12H2,1-2H3,(H2,19,20,21,22). The molecule has 1 aromatic carbocycles. The van der Waals surface area contributed by atoms with E-state index in [1.54, 1.807) is 12.1 Å². The molecule has 4 nitrogen and oxygen atoms in total. The van der Waals surface area contributed by atoms with Gasteiger partial charge < -0.3 is 10.6 Å². The highest BCUT2D eigenvalue weighted by Crippen LogP contribution is 2.13. The fourth-order valence-corrected chi connectivity index (χ4v) is 2.14. The van der Waals surface area contributed by atoms with Gasteiger partial charge in [-0.15, -0.1) is 0 Å². The Morgan fingerprint density at radius 2 is 1.91 bits per heavy atom. The number of aryl methyl sites for hydroxylation is 1. The third-order valence-electron chi connectivity index (χ3n) is 3.34. The zero-order valence-electron chi connectivity index (χ0n) is 13.2. The number of benzene rings is 1. The molecule has 0 aliphatic carbocycles. The van der Waals surface area contributed by atoms with Crippen molar-refractivity contribution < 1.29 is 4.39 Å². The number of hydrogen-bond acceptors (Lipinski definition) is 4. The Bertz CT molecular complexity index is 601. The Hall–Kier alpha value is -2.17. The van der Waals surface area contributed by atoms with Crippen molar-refractivity contribution in [3.05, 3.63) is 47.4 Å². The molecule has 0 aliphatic heterocycles. The SMILES string of the molecule is CCCCCNc1nc(C)cc(NCc2ccccc2F)n1. The van der Waals surface area contributed by atoms with E-state index in [0.717, 1.165) is 18.7 Å². The van der Waals surface area contributed by atoms with Gasteiger partial charge in [0.2, 0.25) is 5.95 Å². The maximum atomic E-state index is 13.6. The van der Waals surface area contributed by atoms with E-state index in [1.807, 2.05) is 19.1 Å². The van der Waals surface area contributed by atoms with Gasteiger partial charge in [0.25, 0.3) is 0 Å². The summed E-state index contributed by atoms with van der Waals surface area (Å²) in [5.74, 6) is 1.11. The summed E-state index contributed by atoms with van der Waals surface area (Å²) in [5, 5.41) is 6.39. The van der Waals surface area contributed by atoms with Gasteiger partial charge in [0.05, 0.1) is 0 Å². The molecule has 0 fully saturated rings. The minimum absolute atomic E-state index is 0.210. The average Bonchev–Trinajstić information content (AvgIpc) is 2.50. The number of anilines is 2. The maximum Gasteiger partial charge on any atom is 0.224 e. The van der Waals surface area contributed by atoms with Crippen molar-refractivity contribution in [3.8, 4) is 0 Å². The van der Waals surface area contributed by atoms with Gasteiger partial charge in [-0.1, -0.05) is 38.0 Å². The number of nitrogens with one attached hydrogen (secondary N) is 2. The van der Waals surface area contributed by atoms with Crippen LogP contribution in [0, 0.1) is 12.7 Å². The molecule has 0 unspecified atom stereocenters. The van der Waals surface area contributed by atoms with Gasteiger partial charge in [-0.3, -0.25) is 0 Å². The monoisotopic (exact) mass is 302 g/mol. The zero-order valence-corrected chi connectivity index (χ0v) is 13.2. The second-order valence-corrected chi connectivity index (χ2v) is 5.30. The van der Waals surface area contributed by atoms with Crippen molar-refractivity contribution in [2.75, 3.05) is 17.2 Å². The molecule has 22 heavy (non-hydrogen) atoms. The van der Waals surface area contributed by atoms with E-state index in [1.165, 1.54) is 18.9 Å². The van der Waals surface area contributed by atoms with Gasteiger partial charge in [0.15, 0.2) is 0 Å². The first-order chi connectivity index (χ1) is 10.7. The van der Waals surface area contributed by atoms with Crippen molar-refractivity contribution >= 4 is 11.8 Å². The number of nitrogens with zero attached hydrogens (tertiary/aromatic N) is 2. The number of unbranched alkanes of at least 4 members (excludes halogenated alkanes) is 2. The summed E-state index contributed by atoms with van der Waals surface area (Å²) < 4.78 is 13.6. The lowest BCUT2D eigenvalue weighted by atomic mass is 10.2. The Labute approximate surface area is 131 Å². The molecule has 0 amide bonds. The Morgan fingerprint density at radius 1 is 1.09 bits per heavy atom. The molecule has 118 valence electrons. The van der Waals surface area contributed by atoms with E-state index in [4.69, 9.17) is 0 Å². The first-order valence-corrected chi connectivity index (χ1v) is 7.76. The second kappa shape index (κ2) is 8.32. The van der Waals surface area contributed by atoms with Crippen LogP contribution in [0.3, 0.4) is 0 Å². The van der Waals surface area contributed by atoms with E-state index in [-0.39, 0.29) is 5.82 Å². The molecule has 0 radical (unpaired) electrons. The molecule has 2 rings (SSSR count). The lowest BCUT2D eigenvalue weighted by molar-refractivity contribution is 0.613. The van der Waals surface area contributed by atoms with Gasteiger partial charge >= 0.3 is 0 Å². The van der Waals surface area contributed by atoms with Crippen LogP contribution >= 0.6 is 0 Å². The Morgan fingerprint density at radius 3 is 2.68 bits per heavy atom. The van der Waals surface area contributed by atoms with E-state index < -0.39 is 0 Å². The van der Waals surface area contributed by atoms with E-state index in [2.05, 4.69) is 27.5 Å². The van der Waals surface area contributed by atoms with E-state index in [9.17, 15) is 4.39 Å². The quantitative estimate of drug-likeness (QED) is 0.720. The van der Waals surface area contributed by atoms with Gasteiger partial charge in [0.1, 0.15) is 11.6 Å². The molecule has 0 spiro atoms. The maximum absolute atomic E-state index is 13.6. The van der Waals surface area contributed by atoms with Crippen LogP contribution in [-0.2, 0) is 6.54 Å². The minimum Gasteiger partial charge on any atom is -0.366 e. The number of rotatable bonds is 8. The Kier molecular flexibility index (Phi) is 6.13. The van der Waals surface area contributed by atoms with Crippen LogP contribution in [0.2, 0.25) is 0 Å². The molecule has 0 atom stereocenters. The zero-order chi connectivity index (χ0) is 15.8. The summed E-state index contributed by atoms with van der Waals surface area (Å²) >= 11 is 0. The fourth-order valence-electron chi connectivity index (χ4n) is 2.14. The molecule has 5 heteroatoms. The molecular formula is C17H23FN4. The molecule has 2 N–H and O–H groups in total. The van der Waals surface area contributed by atoms with Gasteiger partial charge in [0, 0.05) is 30.4 Å². The van der Waals surface area contributed by atoms with Crippen molar-refractivity contribution in [3.63, 3.8) is 0 Å². The highest BCUT2D eigenvalue weighted by Gasteiger charge is 2.04. The average molecular weight is 302 g/mol. The smallest absolute Gasteiger partial charge is 0.224 e. The molecule has 0 aliphatic rings. The first-order valence-electron chi connectivity index (χ1n) is 7.76. The third-order valence-corrected chi connectivity index (χ3v) is 3.34. The van der Waals surface area contributed by atoms with E-state index >= 15 is 0 Å². The van der Waals surface area contributed by atoms with Gasteiger partial charge in [-0.2, -0.15) is 4.98 Å². The molecule has 0 saturated heterocycles. The van der Waals surface area contributed by atoms with E-state index in [0.29, 0.717) is 23.9 Å². The first kappa shape index (κ1) is 16.2. The van der Waals surface area contributed by atoms with Gasteiger partial charge in [-0.25, -0.2) is 9.37 Å². The molecule has 2 aromatic rings. The summed E-state index contributed by atoms with van der Waals surface area (Å²) in [6.45, 7) is 5.36. The lowest BCUT2D eigenvalue weighted by Crippen LogP contribution is -2.09. The number of aromatic nitrogens is 2. The van der Waals surface area contributed by atoms with Crippen LogP contribution in [0.15, 0.2) is 30.3 Å². The minimum atomic E-state index is -0.210. The van der Waals surface area contributed by atoms with Crippen molar-refractivity contribution in [1.29, 1.82) is 0 Å². The number of halogens is 1. The van der Waals surface area contributed by atoms with Crippen LogP contribution in [0.25, 0.3) is 0 Å². The van der Waals surface area contributed by atoms with Crippen molar-refractivity contribution in [1.82, 2.24) is 9.97 Å². The third kappa shape index (κ3) is 4.98. The summed E-state index contributed by atoms with van der Waals surface area (Å²) in [6, 6.07) is 8.60. The molecule has 0 saturated carbocycles. The lowest BCUT2D eigenvalue weighted by Gasteiger charge is -2.10. The predicted octanol–water partition coefficient (Wildman–Crippen LogP) is 4.14. The van der Waals surface area contributed by atoms with Crippen LogP contribution in [0.1, 0.15) is 37.4 Å². The highest BCUT2D eigenvalue weighted by molar-refractivity contribution is 5.42. The topological polar surface area (TPSA) is 49.8 Å². The van der Waals surface area contributed by atoms with Crippen molar-refractivity contribution in [2.24, 2.45) is 0 Å². The fraction of sp³-hybridized carbons (Fsp3) is 0.412. The largest absolute Gasteiger partial charge is 0.366 e. The normalized spacial score (nSPS) is 10.5. The summed E-state index contributed by atoms with van der Waals surface area (Å²) in [6.07, 6.45) is 3.48. The molecule has 1 heterocycles. The molecule has 0 bridgehead atoms. The second-order valence-electron chi connectivity index (χ2n) is 5.30.